The average molecular weight is 274 g/mol. The van der Waals surface area contributed by atoms with Crippen LogP contribution < -0.4 is 11.1 Å². The Morgan fingerprint density at radius 3 is 2.35 bits per heavy atom. The lowest BCUT2D eigenvalue weighted by molar-refractivity contribution is -0.125. The number of carbonyl (C=O) groups is 1. The molecule has 1 aromatic carbocycles. The van der Waals surface area contributed by atoms with Gasteiger partial charge in [-0.1, -0.05) is 62.9 Å². The molecule has 0 aromatic heterocycles. The first-order valence-corrected chi connectivity index (χ1v) is 7.79. The molecule has 1 aromatic rings. The molecule has 1 amide bonds. The van der Waals surface area contributed by atoms with E-state index in [2.05, 4.69) is 5.32 Å². The van der Waals surface area contributed by atoms with Crippen molar-refractivity contribution in [3.05, 3.63) is 35.9 Å². The second kappa shape index (κ2) is 7.44. The van der Waals surface area contributed by atoms with Crippen LogP contribution in [0, 0.1) is 5.92 Å². The minimum atomic E-state index is -0.234. The summed E-state index contributed by atoms with van der Waals surface area (Å²) in [6.07, 6.45) is 7.27. The van der Waals surface area contributed by atoms with Crippen molar-refractivity contribution in [1.82, 2.24) is 5.32 Å². The number of benzene rings is 1. The third-order valence-corrected chi connectivity index (χ3v) is 4.34. The minimum Gasteiger partial charge on any atom is -0.353 e. The summed E-state index contributed by atoms with van der Waals surface area (Å²) in [5, 5.41) is 3.19. The van der Waals surface area contributed by atoms with Crippen LogP contribution in [0.2, 0.25) is 0 Å². The number of amides is 1. The molecular formula is C17H26N2O. The topological polar surface area (TPSA) is 55.1 Å². The Bertz CT molecular complexity index is 410. The Morgan fingerprint density at radius 1 is 1.15 bits per heavy atom. The molecule has 20 heavy (non-hydrogen) atoms. The Labute approximate surface area is 121 Å². The molecule has 0 saturated heterocycles. The predicted molar refractivity (Wildman–Crippen MR) is 82.2 cm³/mol. The fourth-order valence-corrected chi connectivity index (χ4v) is 2.88. The van der Waals surface area contributed by atoms with E-state index < -0.39 is 0 Å². The smallest absolute Gasteiger partial charge is 0.224 e. The van der Waals surface area contributed by atoms with Gasteiger partial charge in [-0.3, -0.25) is 4.79 Å². The molecule has 1 aliphatic carbocycles. The van der Waals surface area contributed by atoms with Crippen LogP contribution in [0.5, 0.6) is 0 Å². The van der Waals surface area contributed by atoms with Crippen molar-refractivity contribution in [2.45, 2.75) is 57.5 Å². The second-order valence-electron chi connectivity index (χ2n) is 5.92. The second-order valence-corrected chi connectivity index (χ2v) is 5.92. The maximum absolute atomic E-state index is 12.3. The average Bonchev–Trinajstić information content (AvgIpc) is 2.75. The van der Waals surface area contributed by atoms with Gasteiger partial charge < -0.3 is 11.1 Å². The molecule has 1 fully saturated rings. The van der Waals surface area contributed by atoms with E-state index in [4.69, 9.17) is 5.73 Å². The molecule has 1 saturated carbocycles. The molecule has 2 unspecified atom stereocenters. The highest BCUT2D eigenvalue weighted by molar-refractivity contribution is 5.79. The summed E-state index contributed by atoms with van der Waals surface area (Å²) in [5.74, 6) is -0.103. The zero-order valence-electron chi connectivity index (χ0n) is 12.3. The molecule has 0 aliphatic heterocycles. The van der Waals surface area contributed by atoms with Crippen LogP contribution in [-0.2, 0) is 4.79 Å². The summed E-state index contributed by atoms with van der Waals surface area (Å²) < 4.78 is 0. The van der Waals surface area contributed by atoms with Gasteiger partial charge in [-0.25, -0.2) is 0 Å². The van der Waals surface area contributed by atoms with Crippen molar-refractivity contribution < 1.29 is 4.79 Å². The number of carbonyl (C=O) groups excluding carboxylic acids is 1. The minimum absolute atomic E-state index is 0.0910. The summed E-state index contributed by atoms with van der Waals surface area (Å²) >= 11 is 0. The van der Waals surface area contributed by atoms with Crippen LogP contribution in [0.3, 0.4) is 0 Å². The zero-order valence-corrected chi connectivity index (χ0v) is 12.3. The van der Waals surface area contributed by atoms with E-state index in [0.717, 1.165) is 18.4 Å². The monoisotopic (exact) mass is 274 g/mol. The van der Waals surface area contributed by atoms with Crippen LogP contribution in [0.15, 0.2) is 30.3 Å². The lowest BCUT2D eigenvalue weighted by Gasteiger charge is -2.23. The SMILES string of the molecule is CC(C(=O)NC1CCCCCC1)C(N)c1ccccc1. The summed E-state index contributed by atoms with van der Waals surface area (Å²) in [5.41, 5.74) is 7.24. The Kier molecular flexibility index (Phi) is 5.60. The normalized spacial score (nSPS) is 19.9. The van der Waals surface area contributed by atoms with E-state index in [1.165, 1.54) is 25.7 Å². The molecule has 2 rings (SSSR count). The van der Waals surface area contributed by atoms with Gasteiger partial charge in [0.1, 0.15) is 0 Å². The molecule has 0 radical (unpaired) electrons. The standard InChI is InChI=1S/C17H26N2O/c1-13(16(18)14-9-5-4-6-10-14)17(20)19-15-11-7-2-3-8-12-15/h4-6,9-10,13,15-16H,2-3,7-8,11-12,18H2,1H3,(H,19,20). The van der Waals surface area contributed by atoms with Crippen LogP contribution >= 0.6 is 0 Å². The van der Waals surface area contributed by atoms with E-state index in [-0.39, 0.29) is 17.9 Å². The van der Waals surface area contributed by atoms with Gasteiger partial charge in [-0.15, -0.1) is 0 Å². The van der Waals surface area contributed by atoms with Gasteiger partial charge in [0.2, 0.25) is 5.91 Å². The molecule has 3 nitrogen and oxygen atoms in total. The highest BCUT2D eigenvalue weighted by Gasteiger charge is 2.24. The third kappa shape index (κ3) is 4.07. The Morgan fingerprint density at radius 2 is 1.75 bits per heavy atom. The highest BCUT2D eigenvalue weighted by Crippen LogP contribution is 2.21. The molecule has 3 N–H and O–H groups in total. The molecule has 0 heterocycles. The Hall–Kier alpha value is -1.35. The number of rotatable bonds is 4. The number of nitrogens with two attached hydrogens (primary N) is 1. The van der Waals surface area contributed by atoms with Crippen molar-refractivity contribution in [3.8, 4) is 0 Å². The van der Waals surface area contributed by atoms with E-state index in [1.807, 2.05) is 37.3 Å². The van der Waals surface area contributed by atoms with Crippen LogP contribution in [0.25, 0.3) is 0 Å². The van der Waals surface area contributed by atoms with Crippen molar-refractivity contribution in [2.24, 2.45) is 11.7 Å². The summed E-state index contributed by atoms with van der Waals surface area (Å²) in [4.78, 5) is 12.3. The first kappa shape index (κ1) is 15.0. The lowest BCUT2D eigenvalue weighted by Crippen LogP contribution is -2.41. The Balaban J connectivity index is 1.91. The quantitative estimate of drug-likeness (QED) is 0.829. The molecule has 0 spiro atoms. The highest BCUT2D eigenvalue weighted by atomic mass is 16.1. The van der Waals surface area contributed by atoms with Gasteiger partial charge >= 0.3 is 0 Å². The van der Waals surface area contributed by atoms with Crippen molar-refractivity contribution in [1.29, 1.82) is 0 Å². The van der Waals surface area contributed by atoms with Crippen molar-refractivity contribution in [2.75, 3.05) is 0 Å². The van der Waals surface area contributed by atoms with Crippen LogP contribution in [0.1, 0.15) is 57.1 Å². The largest absolute Gasteiger partial charge is 0.353 e. The van der Waals surface area contributed by atoms with Gasteiger partial charge in [-0.05, 0) is 18.4 Å². The molecular weight excluding hydrogens is 248 g/mol. The predicted octanol–water partition coefficient (Wildman–Crippen LogP) is 3.16. The van der Waals surface area contributed by atoms with Gasteiger partial charge in [0, 0.05) is 12.1 Å². The number of hydrogen-bond donors (Lipinski definition) is 2. The summed E-state index contributed by atoms with van der Waals surface area (Å²) in [6, 6.07) is 9.97. The molecule has 1 aliphatic rings. The van der Waals surface area contributed by atoms with E-state index in [1.54, 1.807) is 0 Å². The van der Waals surface area contributed by atoms with Gasteiger partial charge in [-0.2, -0.15) is 0 Å². The van der Waals surface area contributed by atoms with Gasteiger partial charge in [0.15, 0.2) is 0 Å². The van der Waals surface area contributed by atoms with Crippen LogP contribution in [0.4, 0.5) is 0 Å². The number of nitrogens with one attached hydrogen (secondary N) is 1. The molecule has 2 atom stereocenters. The van der Waals surface area contributed by atoms with E-state index in [0.29, 0.717) is 6.04 Å². The maximum Gasteiger partial charge on any atom is 0.224 e. The molecule has 3 heteroatoms. The maximum atomic E-state index is 12.3. The zero-order chi connectivity index (χ0) is 14.4. The molecule has 0 bridgehead atoms. The van der Waals surface area contributed by atoms with Gasteiger partial charge in [0.05, 0.1) is 5.92 Å². The lowest BCUT2D eigenvalue weighted by atomic mass is 9.94. The van der Waals surface area contributed by atoms with Crippen molar-refractivity contribution in [3.63, 3.8) is 0 Å². The molecule has 110 valence electrons. The number of hydrogen-bond acceptors (Lipinski definition) is 2. The summed E-state index contributed by atoms with van der Waals surface area (Å²) in [7, 11) is 0. The third-order valence-electron chi connectivity index (χ3n) is 4.34. The van der Waals surface area contributed by atoms with E-state index in [9.17, 15) is 4.79 Å². The first-order chi connectivity index (χ1) is 9.68. The first-order valence-electron chi connectivity index (χ1n) is 7.79. The van der Waals surface area contributed by atoms with Crippen LogP contribution in [-0.4, -0.2) is 11.9 Å². The van der Waals surface area contributed by atoms with E-state index >= 15 is 0 Å². The fraction of sp³-hybridized carbons (Fsp3) is 0.588. The van der Waals surface area contributed by atoms with Gasteiger partial charge in [0.25, 0.3) is 0 Å². The summed E-state index contributed by atoms with van der Waals surface area (Å²) in [6.45, 7) is 1.92. The van der Waals surface area contributed by atoms with Crippen molar-refractivity contribution >= 4 is 5.91 Å². The fourth-order valence-electron chi connectivity index (χ4n) is 2.88.